The number of likely N-dealkylation sites (tertiary alicyclic amines) is 2. The molecular formula is C20H35N3O3. The molecule has 1 atom stereocenters. The van der Waals surface area contributed by atoms with Gasteiger partial charge in [-0.15, -0.1) is 12.8 Å². The molecule has 2 N–H and O–H groups in total. The van der Waals surface area contributed by atoms with Crippen LogP contribution in [0.15, 0.2) is 0 Å². The molecule has 2 rings (SSSR count). The third kappa shape index (κ3) is 8.37. The Balaban J connectivity index is 0.000000920. The first-order valence-corrected chi connectivity index (χ1v) is 9.71. The molecule has 0 saturated carbocycles. The molecule has 6 heteroatoms. The highest BCUT2D eigenvalue weighted by Crippen LogP contribution is 2.19. The summed E-state index contributed by atoms with van der Waals surface area (Å²) in [4.78, 5) is 38.7. The van der Waals surface area contributed by atoms with Crippen molar-refractivity contribution in [3.63, 3.8) is 0 Å². The zero-order valence-electron chi connectivity index (χ0n) is 16.4. The second-order valence-electron chi connectivity index (χ2n) is 6.59. The SMILES string of the molecule is C#C.CCCC.NC(=O)[C@@H]1CCCN1C(=O)CCC(=O)N1CCCCC1. The Kier molecular flexibility index (Phi) is 13.1. The zero-order valence-corrected chi connectivity index (χ0v) is 16.4. The lowest BCUT2D eigenvalue weighted by Gasteiger charge is -2.27. The molecule has 0 aliphatic carbocycles. The number of rotatable bonds is 5. The van der Waals surface area contributed by atoms with E-state index in [0.717, 1.165) is 32.4 Å². The molecule has 0 aromatic carbocycles. The maximum absolute atomic E-state index is 12.1. The number of hydrogen-bond donors (Lipinski definition) is 1. The lowest BCUT2D eigenvalue weighted by molar-refractivity contribution is -0.140. The number of nitrogens with two attached hydrogens (primary N) is 1. The molecule has 0 spiro atoms. The van der Waals surface area contributed by atoms with Crippen LogP contribution in [0, 0.1) is 12.8 Å². The maximum Gasteiger partial charge on any atom is 0.240 e. The number of carbonyl (C=O) groups excluding carboxylic acids is 3. The lowest BCUT2D eigenvalue weighted by atomic mass is 10.1. The quantitative estimate of drug-likeness (QED) is 0.759. The Morgan fingerprint density at radius 3 is 1.92 bits per heavy atom. The van der Waals surface area contributed by atoms with Crippen LogP contribution in [0.1, 0.15) is 71.6 Å². The summed E-state index contributed by atoms with van der Waals surface area (Å²) in [6.07, 6.45) is 15.8. The van der Waals surface area contributed by atoms with Gasteiger partial charge in [0.05, 0.1) is 0 Å². The van der Waals surface area contributed by atoms with Gasteiger partial charge in [0, 0.05) is 32.5 Å². The van der Waals surface area contributed by atoms with Crippen LogP contribution in [0.5, 0.6) is 0 Å². The summed E-state index contributed by atoms with van der Waals surface area (Å²) in [5, 5.41) is 0. The van der Waals surface area contributed by atoms with E-state index in [1.54, 1.807) is 0 Å². The van der Waals surface area contributed by atoms with Crippen LogP contribution < -0.4 is 5.73 Å². The van der Waals surface area contributed by atoms with Gasteiger partial charge in [0.15, 0.2) is 0 Å². The summed E-state index contributed by atoms with van der Waals surface area (Å²) < 4.78 is 0. The fourth-order valence-electron chi connectivity index (χ4n) is 3.02. The fraction of sp³-hybridized carbons (Fsp3) is 0.750. The minimum atomic E-state index is -0.479. The molecule has 0 aromatic rings. The molecule has 0 bridgehead atoms. The molecule has 2 fully saturated rings. The van der Waals surface area contributed by atoms with Gasteiger partial charge in [-0.2, -0.15) is 0 Å². The Bertz CT molecular complexity index is 454. The minimum absolute atomic E-state index is 0.0490. The van der Waals surface area contributed by atoms with Crippen molar-refractivity contribution < 1.29 is 14.4 Å². The normalized spacial score (nSPS) is 18.8. The largest absolute Gasteiger partial charge is 0.368 e. The van der Waals surface area contributed by atoms with E-state index < -0.39 is 11.9 Å². The third-order valence-electron chi connectivity index (χ3n) is 4.66. The average molecular weight is 366 g/mol. The monoisotopic (exact) mass is 365 g/mol. The van der Waals surface area contributed by atoms with Crippen molar-refractivity contribution >= 4 is 17.7 Å². The zero-order chi connectivity index (χ0) is 19.9. The first-order valence-electron chi connectivity index (χ1n) is 9.71. The topological polar surface area (TPSA) is 83.7 Å². The average Bonchev–Trinajstić information content (AvgIpc) is 3.18. The van der Waals surface area contributed by atoms with Crippen LogP contribution in [0.25, 0.3) is 0 Å². The van der Waals surface area contributed by atoms with Crippen LogP contribution in [-0.2, 0) is 14.4 Å². The van der Waals surface area contributed by atoms with Gasteiger partial charge < -0.3 is 15.5 Å². The number of hydrogen-bond acceptors (Lipinski definition) is 3. The first kappa shape index (κ1) is 24.0. The van der Waals surface area contributed by atoms with Gasteiger partial charge >= 0.3 is 0 Å². The standard InChI is InChI=1S/C14H23N3O3.C4H10.C2H2/c15-14(20)11-5-4-10-17(11)13(19)7-6-12(18)16-8-2-1-3-9-16;1-3-4-2;1-2/h11H,1-10H2,(H2,15,20);3-4H2,1-2H3;1-2H/t11-;;/m0../s1. The number of unbranched alkanes of at least 4 members (excludes halogenated alkanes) is 1. The molecule has 2 aliphatic heterocycles. The second-order valence-corrected chi connectivity index (χ2v) is 6.59. The number of primary amides is 1. The van der Waals surface area contributed by atoms with Crippen LogP contribution in [0.2, 0.25) is 0 Å². The summed E-state index contributed by atoms with van der Waals surface area (Å²) in [6, 6.07) is -0.479. The summed E-state index contributed by atoms with van der Waals surface area (Å²) in [5.74, 6) is -0.525. The predicted molar refractivity (Wildman–Crippen MR) is 104 cm³/mol. The van der Waals surface area contributed by atoms with Crippen LogP contribution in [0.4, 0.5) is 0 Å². The predicted octanol–water partition coefficient (Wildman–Crippen LogP) is 2.31. The van der Waals surface area contributed by atoms with Gasteiger partial charge in [0.1, 0.15) is 6.04 Å². The summed E-state index contributed by atoms with van der Waals surface area (Å²) in [5.41, 5.74) is 5.29. The summed E-state index contributed by atoms with van der Waals surface area (Å²) in [6.45, 7) is 6.55. The van der Waals surface area contributed by atoms with E-state index in [1.165, 1.54) is 24.2 Å². The van der Waals surface area contributed by atoms with E-state index >= 15 is 0 Å². The van der Waals surface area contributed by atoms with Crippen LogP contribution >= 0.6 is 0 Å². The van der Waals surface area contributed by atoms with E-state index in [2.05, 4.69) is 26.7 Å². The molecule has 2 saturated heterocycles. The Morgan fingerprint density at radius 2 is 1.42 bits per heavy atom. The number of terminal acetylenes is 1. The molecule has 26 heavy (non-hydrogen) atoms. The highest BCUT2D eigenvalue weighted by molar-refractivity contribution is 5.89. The Hall–Kier alpha value is -2.03. The van der Waals surface area contributed by atoms with Gasteiger partial charge in [-0.05, 0) is 32.1 Å². The highest BCUT2D eigenvalue weighted by Gasteiger charge is 2.32. The maximum atomic E-state index is 12.1. The van der Waals surface area contributed by atoms with Crippen molar-refractivity contribution in [1.29, 1.82) is 0 Å². The molecule has 2 heterocycles. The summed E-state index contributed by atoms with van der Waals surface area (Å²) >= 11 is 0. The molecule has 3 amide bonds. The third-order valence-corrected chi connectivity index (χ3v) is 4.66. The van der Waals surface area contributed by atoms with Crippen LogP contribution in [-0.4, -0.2) is 53.2 Å². The van der Waals surface area contributed by atoms with Crippen LogP contribution in [0.3, 0.4) is 0 Å². The second kappa shape index (κ2) is 14.2. The number of nitrogens with zero attached hydrogens (tertiary/aromatic N) is 2. The van der Waals surface area contributed by atoms with Crippen molar-refractivity contribution in [3.05, 3.63) is 0 Å². The fourth-order valence-corrected chi connectivity index (χ4v) is 3.02. The summed E-state index contributed by atoms with van der Waals surface area (Å²) in [7, 11) is 0. The molecule has 0 radical (unpaired) electrons. The van der Waals surface area contributed by atoms with E-state index in [-0.39, 0.29) is 24.7 Å². The molecular weight excluding hydrogens is 330 g/mol. The van der Waals surface area contributed by atoms with E-state index in [1.807, 2.05) is 4.90 Å². The van der Waals surface area contributed by atoms with Crippen molar-refractivity contribution in [2.75, 3.05) is 19.6 Å². The minimum Gasteiger partial charge on any atom is -0.368 e. The number of carbonyl (C=O) groups is 3. The van der Waals surface area contributed by atoms with E-state index in [9.17, 15) is 14.4 Å². The smallest absolute Gasteiger partial charge is 0.240 e. The van der Waals surface area contributed by atoms with Crippen molar-refractivity contribution in [2.24, 2.45) is 5.73 Å². The lowest BCUT2D eigenvalue weighted by Crippen LogP contribution is -2.44. The Labute approximate surface area is 158 Å². The molecule has 2 aliphatic rings. The van der Waals surface area contributed by atoms with Gasteiger partial charge in [-0.1, -0.05) is 26.7 Å². The van der Waals surface area contributed by atoms with Crippen molar-refractivity contribution in [3.8, 4) is 12.8 Å². The van der Waals surface area contributed by atoms with Gasteiger partial charge in [-0.25, -0.2) is 0 Å². The molecule has 0 unspecified atom stereocenters. The van der Waals surface area contributed by atoms with Crippen molar-refractivity contribution in [1.82, 2.24) is 9.80 Å². The number of amides is 3. The Morgan fingerprint density at radius 1 is 0.885 bits per heavy atom. The molecule has 6 nitrogen and oxygen atoms in total. The van der Waals surface area contributed by atoms with E-state index in [4.69, 9.17) is 5.73 Å². The number of piperidine rings is 1. The molecule has 148 valence electrons. The van der Waals surface area contributed by atoms with Crippen molar-refractivity contribution in [2.45, 2.75) is 77.7 Å². The highest BCUT2D eigenvalue weighted by atomic mass is 16.2. The molecule has 0 aromatic heterocycles. The first-order chi connectivity index (χ1) is 12.5. The van der Waals surface area contributed by atoms with Gasteiger partial charge in [-0.3, -0.25) is 14.4 Å². The van der Waals surface area contributed by atoms with Gasteiger partial charge in [0.25, 0.3) is 0 Å². The van der Waals surface area contributed by atoms with Gasteiger partial charge in [0.2, 0.25) is 17.7 Å². The van der Waals surface area contributed by atoms with E-state index in [0.29, 0.717) is 13.0 Å².